The van der Waals surface area contributed by atoms with Crippen LogP contribution in [0.3, 0.4) is 0 Å². The van der Waals surface area contributed by atoms with E-state index in [0.717, 1.165) is 11.1 Å². The van der Waals surface area contributed by atoms with E-state index in [-0.39, 0.29) is 24.9 Å². The van der Waals surface area contributed by atoms with Crippen LogP contribution in [0.5, 0.6) is 0 Å². The van der Waals surface area contributed by atoms with Gasteiger partial charge in [-0.1, -0.05) is 91.6 Å². The summed E-state index contributed by atoms with van der Waals surface area (Å²) in [6, 6.07) is 9.30. The van der Waals surface area contributed by atoms with Gasteiger partial charge in [0.05, 0.1) is 21.0 Å². The molecule has 0 bridgehead atoms. The molecule has 2 aromatic heterocycles. The van der Waals surface area contributed by atoms with Gasteiger partial charge in [-0.15, -0.1) is 0 Å². The highest BCUT2D eigenvalue weighted by atomic mass is 35.5. The lowest BCUT2D eigenvalue weighted by molar-refractivity contribution is 0.199. The number of aliphatic hydroxyl groups is 1. The maximum atomic E-state index is 10.5. The summed E-state index contributed by atoms with van der Waals surface area (Å²) < 4.78 is 29.6. The fraction of sp³-hybridized carbons (Fsp3) is 0.217. The minimum atomic E-state index is -4.02. The Morgan fingerprint density at radius 1 is 0.941 bits per heavy atom. The number of halogens is 4. The van der Waals surface area contributed by atoms with Gasteiger partial charge >= 0.3 is 0 Å². The van der Waals surface area contributed by atoms with Crippen LogP contribution in [-0.4, -0.2) is 28.0 Å². The molecule has 2 heterocycles. The average Bonchev–Trinajstić information content (AvgIpc) is 2.72. The maximum absolute atomic E-state index is 10.5. The van der Waals surface area contributed by atoms with Crippen LogP contribution in [0.2, 0.25) is 20.4 Å². The first-order valence-corrected chi connectivity index (χ1v) is 11.8. The molecule has 11 heteroatoms. The third-order valence-electron chi connectivity index (χ3n) is 3.67. The topological polar surface area (TPSA) is 100 Å². The molecule has 0 aliphatic rings. The van der Waals surface area contributed by atoms with Crippen molar-refractivity contribution in [2.24, 2.45) is 0 Å². The van der Waals surface area contributed by atoms with E-state index in [4.69, 9.17) is 56.1 Å². The molecule has 0 aliphatic heterocycles. The van der Waals surface area contributed by atoms with Crippen LogP contribution in [0.4, 0.5) is 0 Å². The second-order valence-electron chi connectivity index (χ2n) is 6.25. The lowest BCUT2D eigenvalue weighted by Gasteiger charge is -2.03. The summed E-state index contributed by atoms with van der Waals surface area (Å²) in [7, 11) is -4.02. The summed E-state index contributed by atoms with van der Waals surface area (Å²) >= 11 is 22.4. The van der Waals surface area contributed by atoms with Crippen LogP contribution in [0, 0.1) is 6.92 Å². The zero-order chi connectivity index (χ0) is 24.5. The van der Waals surface area contributed by atoms with Crippen LogP contribution in [-0.2, 0) is 10.1 Å². The number of aryl methyl sites for hydroxylation is 1. The van der Waals surface area contributed by atoms with Crippen molar-refractivity contribution in [3.8, 4) is 0 Å². The number of nitrogens with zero attached hydrogens (tertiary/aromatic N) is 2. The number of aromatic nitrogens is 2. The van der Waals surface area contributed by atoms with E-state index in [1.807, 2.05) is 6.92 Å². The normalized spacial score (nSPS) is 10.7. The first-order valence-electron chi connectivity index (χ1n) is 8.81. The van der Waals surface area contributed by atoms with E-state index in [2.05, 4.69) is 16.5 Å². The highest BCUT2D eigenvalue weighted by Crippen LogP contribution is 2.22. The Morgan fingerprint density at radius 2 is 1.41 bits per heavy atom. The Bertz CT molecular complexity index is 1160. The van der Waals surface area contributed by atoms with Crippen molar-refractivity contribution >= 4 is 62.6 Å². The fourth-order valence-corrected chi connectivity index (χ4v) is 2.96. The number of hydrogen-bond acceptors (Lipinski definition) is 5. The summed E-state index contributed by atoms with van der Waals surface area (Å²) in [6.45, 7) is 7.04. The zero-order valence-electron chi connectivity index (χ0n) is 17.0. The van der Waals surface area contributed by atoms with Crippen LogP contribution >= 0.6 is 46.4 Å². The molecule has 0 amide bonds. The van der Waals surface area contributed by atoms with E-state index < -0.39 is 16.2 Å². The van der Waals surface area contributed by atoms with Gasteiger partial charge in [0.15, 0.2) is 0 Å². The van der Waals surface area contributed by atoms with Crippen molar-refractivity contribution in [3.05, 3.63) is 92.4 Å². The maximum Gasteiger partial charge on any atom is 0.294 e. The largest absolute Gasteiger partial charge is 0.389 e. The molecule has 1 unspecified atom stereocenters. The Labute approximate surface area is 222 Å². The second-order valence-corrected chi connectivity index (χ2v) is 9.20. The lowest BCUT2D eigenvalue weighted by atomic mass is 10.2. The van der Waals surface area contributed by atoms with E-state index in [1.54, 1.807) is 43.5 Å². The first-order chi connectivity index (χ1) is 14.8. The van der Waals surface area contributed by atoms with Crippen molar-refractivity contribution in [1.29, 1.82) is 0 Å². The molecule has 188 valence electrons. The molecule has 0 spiro atoms. The highest BCUT2D eigenvalue weighted by Gasteiger charge is 2.07. The fourth-order valence-electron chi connectivity index (χ4n) is 1.92. The lowest BCUT2D eigenvalue weighted by Crippen LogP contribution is -1.96. The predicted octanol–water partition coefficient (Wildman–Crippen LogP) is 7.99. The number of pyridine rings is 2. The molecule has 0 aliphatic carbocycles. The molecule has 0 saturated carbocycles. The quantitative estimate of drug-likeness (QED) is 0.245. The Kier molecular flexibility index (Phi) is 16.3. The molecular formula is C23H28Cl4N2O4S. The van der Waals surface area contributed by atoms with Crippen molar-refractivity contribution in [2.75, 3.05) is 0 Å². The second kappa shape index (κ2) is 16.1. The minimum Gasteiger partial charge on any atom is -0.389 e. The van der Waals surface area contributed by atoms with E-state index >= 15 is 0 Å². The third-order valence-corrected chi connectivity index (χ3v) is 5.91. The van der Waals surface area contributed by atoms with Crippen LogP contribution in [0.1, 0.15) is 44.6 Å². The summed E-state index contributed by atoms with van der Waals surface area (Å²) in [5, 5.41) is 10.5. The molecule has 2 N–H and O–H groups in total. The molecule has 34 heavy (non-hydrogen) atoms. The monoisotopic (exact) mass is 568 g/mol. The molecule has 6 nitrogen and oxygen atoms in total. The van der Waals surface area contributed by atoms with Gasteiger partial charge in [0, 0.05) is 18.0 Å². The first kappa shape index (κ1) is 34.5. The van der Waals surface area contributed by atoms with Gasteiger partial charge < -0.3 is 5.11 Å². The molecule has 1 atom stereocenters. The number of benzene rings is 1. The van der Waals surface area contributed by atoms with Crippen LogP contribution < -0.4 is 0 Å². The minimum absolute atomic E-state index is 0. The summed E-state index contributed by atoms with van der Waals surface area (Å²) in [6.07, 6.45) is 4.22. The van der Waals surface area contributed by atoms with Gasteiger partial charge in [-0.25, -0.2) is 9.97 Å². The van der Waals surface area contributed by atoms with Gasteiger partial charge in [0.2, 0.25) is 0 Å². The van der Waals surface area contributed by atoms with Gasteiger partial charge in [-0.2, -0.15) is 8.42 Å². The molecule has 3 rings (SSSR count). The van der Waals surface area contributed by atoms with Gasteiger partial charge in [0.25, 0.3) is 10.1 Å². The van der Waals surface area contributed by atoms with Crippen molar-refractivity contribution in [1.82, 2.24) is 9.97 Å². The summed E-state index contributed by atoms with van der Waals surface area (Å²) in [5.74, 6) is 0. The highest BCUT2D eigenvalue weighted by molar-refractivity contribution is 7.85. The average molecular weight is 570 g/mol. The van der Waals surface area contributed by atoms with Crippen molar-refractivity contribution < 1.29 is 18.1 Å². The number of hydrogen-bond donors (Lipinski definition) is 2. The molecule has 3 aromatic rings. The van der Waals surface area contributed by atoms with Crippen molar-refractivity contribution in [3.63, 3.8) is 0 Å². The molecule has 0 saturated heterocycles. The SMILES string of the molecule is C.C.C=Cc1cnc(Cl)c(Cl)c1.CC(O)c1cnc(Cl)c(Cl)c1.Cc1ccc(S(=O)(=O)O)cc1. The third kappa shape index (κ3) is 12.1. The Morgan fingerprint density at radius 3 is 1.79 bits per heavy atom. The van der Waals surface area contributed by atoms with Gasteiger partial charge in [0.1, 0.15) is 10.3 Å². The standard InChI is InChI=1S/C7H7Cl2NO.C7H5Cl2N.C7H8O3S.2CH4/c1-4(11)5-2-6(8)7(9)10-3-5;1-2-5-3-6(8)7(9)10-4-5;1-6-2-4-7(5-3-6)11(8,9)10;;/h2-4,11H,1H3;2-4H,1H2;2-5H,1H3,(H,8,9,10);2*1H4. The number of rotatable bonds is 3. The van der Waals surface area contributed by atoms with E-state index in [0.29, 0.717) is 20.8 Å². The van der Waals surface area contributed by atoms with Crippen molar-refractivity contribution in [2.45, 2.75) is 39.7 Å². The summed E-state index contributed by atoms with van der Waals surface area (Å²) in [5.41, 5.74) is 2.49. The summed E-state index contributed by atoms with van der Waals surface area (Å²) in [4.78, 5) is 7.52. The van der Waals surface area contributed by atoms with E-state index in [9.17, 15) is 8.42 Å². The van der Waals surface area contributed by atoms with Crippen LogP contribution in [0.25, 0.3) is 6.08 Å². The Hall–Kier alpha value is -1.71. The molecule has 0 fully saturated rings. The molecular weight excluding hydrogens is 542 g/mol. The predicted molar refractivity (Wildman–Crippen MR) is 144 cm³/mol. The van der Waals surface area contributed by atoms with E-state index in [1.165, 1.54) is 18.3 Å². The van der Waals surface area contributed by atoms with Gasteiger partial charge in [-0.3, -0.25) is 4.55 Å². The number of aliphatic hydroxyl groups excluding tert-OH is 1. The molecule has 1 aromatic carbocycles. The van der Waals surface area contributed by atoms with Crippen LogP contribution in [0.15, 0.2) is 60.3 Å². The molecule has 0 radical (unpaired) electrons. The Balaban J connectivity index is 0. The smallest absolute Gasteiger partial charge is 0.294 e. The van der Waals surface area contributed by atoms with Gasteiger partial charge in [-0.05, 0) is 43.7 Å². The zero-order valence-corrected chi connectivity index (χ0v) is 20.8.